The minimum Gasteiger partial charge on any atom is -0.383 e. The Labute approximate surface area is 160 Å². The van der Waals surface area contributed by atoms with Crippen molar-refractivity contribution in [1.29, 1.82) is 0 Å². The minimum atomic E-state index is -0.560. The van der Waals surface area contributed by atoms with Crippen molar-refractivity contribution in [3.63, 3.8) is 0 Å². The van der Waals surface area contributed by atoms with Crippen molar-refractivity contribution in [1.82, 2.24) is 15.1 Å². The average Bonchev–Trinajstić information content (AvgIpc) is 3.18. The third kappa shape index (κ3) is 4.72. The summed E-state index contributed by atoms with van der Waals surface area (Å²) in [5, 5.41) is 6.79. The molecule has 0 aliphatic carbocycles. The lowest BCUT2D eigenvalue weighted by molar-refractivity contribution is -0.124. The van der Waals surface area contributed by atoms with Crippen molar-refractivity contribution in [2.45, 2.75) is 19.5 Å². The lowest BCUT2D eigenvalue weighted by Gasteiger charge is -2.18. The first-order chi connectivity index (χ1) is 13.5. The summed E-state index contributed by atoms with van der Waals surface area (Å²) in [4.78, 5) is 26.4. The van der Waals surface area contributed by atoms with Crippen LogP contribution < -0.4 is 15.8 Å². The molecule has 1 atom stereocenters. The van der Waals surface area contributed by atoms with E-state index in [9.17, 15) is 18.4 Å². The van der Waals surface area contributed by atoms with Crippen LogP contribution in [0.2, 0.25) is 0 Å². The summed E-state index contributed by atoms with van der Waals surface area (Å²) in [7, 11) is 1.55. The maximum Gasteiger partial charge on any atom is 0.268 e. The summed E-state index contributed by atoms with van der Waals surface area (Å²) >= 11 is 0. The van der Waals surface area contributed by atoms with E-state index < -0.39 is 11.6 Å². The van der Waals surface area contributed by atoms with Crippen molar-refractivity contribution < 1.29 is 18.3 Å². The zero-order valence-corrected chi connectivity index (χ0v) is 15.5. The highest BCUT2D eigenvalue weighted by Crippen LogP contribution is 2.22. The maximum atomic E-state index is 13.7. The molecule has 150 valence electrons. The first-order valence-corrected chi connectivity index (χ1v) is 9.00. The van der Waals surface area contributed by atoms with E-state index in [-0.39, 0.29) is 29.5 Å². The molecule has 1 unspecified atom stereocenters. The Morgan fingerprint density at radius 1 is 1.36 bits per heavy atom. The van der Waals surface area contributed by atoms with Crippen molar-refractivity contribution >= 4 is 11.6 Å². The second-order valence-electron chi connectivity index (χ2n) is 6.65. The van der Waals surface area contributed by atoms with Gasteiger partial charge in [0.25, 0.3) is 5.56 Å². The van der Waals surface area contributed by atoms with Gasteiger partial charge in [-0.3, -0.25) is 9.59 Å². The van der Waals surface area contributed by atoms with Crippen LogP contribution in [0.25, 0.3) is 0 Å². The molecule has 0 spiro atoms. The van der Waals surface area contributed by atoms with E-state index in [1.54, 1.807) is 13.3 Å². The summed E-state index contributed by atoms with van der Waals surface area (Å²) in [5.41, 5.74) is 0.529. The van der Waals surface area contributed by atoms with E-state index in [1.807, 2.05) is 4.90 Å². The number of nitrogens with zero attached hydrogens (tertiary/aromatic N) is 3. The van der Waals surface area contributed by atoms with Gasteiger partial charge in [-0.25, -0.2) is 13.5 Å². The first kappa shape index (κ1) is 19.9. The molecule has 3 rings (SSSR count). The number of methoxy groups -OCH3 is 1. The highest BCUT2D eigenvalue weighted by molar-refractivity contribution is 5.80. The van der Waals surface area contributed by atoms with Gasteiger partial charge < -0.3 is 15.0 Å². The number of anilines is 1. The summed E-state index contributed by atoms with van der Waals surface area (Å²) in [6.07, 6.45) is 2.20. The standard InChI is InChI=1S/C19H22F2N4O3/c1-28-7-6-25-18(26)9-16(11-23-25)24-5-4-13(12-24)19(27)22-10-14-8-15(20)2-3-17(14)21/h2-3,8-9,11,13H,4-7,10,12H2,1H3,(H,22,27). The molecule has 1 aliphatic heterocycles. The van der Waals surface area contributed by atoms with Gasteiger partial charge in [-0.15, -0.1) is 0 Å². The number of ether oxygens (including phenoxy) is 1. The van der Waals surface area contributed by atoms with Crippen molar-refractivity contribution in [2.75, 3.05) is 31.7 Å². The average molecular weight is 392 g/mol. The van der Waals surface area contributed by atoms with Crippen LogP contribution in [-0.2, 0) is 22.6 Å². The molecule has 9 heteroatoms. The molecule has 1 saturated heterocycles. The van der Waals surface area contributed by atoms with Crippen molar-refractivity contribution in [2.24, 2.45) is 5.92 Å². The Bertz CT molecular complexity index is 903. The van der Waals surface area contributed by atoms with Crippen molar-refractivity contribution in [3.05, 3.63) is 58.0 Å². The molecular formula is C19H22F2N4O3. The first-order valence-electron chi connectivity index (χ1n) is 9.00. The van der Waals surface area contributed by atoms with Crippen LogP contribution in [0.3, 0.4) is 0 Å². The number of benzene rings is 1. The van der Waals surface area contributed by atoms with Crippen molar-refractivity contribution in [3.8, 4) is 0 Å². The fourth-order valence-electron chi connectivity index (χ4n) is 3.16. The van der Waals surface area contributed by atoms with Gasteiger partial charge >= 0.3 is 0 Å². The normalized spacial score (nSPS) is 16.4. The molecule has 2 heterocycles. The molecule has 1 aromatic carbocycles. The molecule has 2 aromatic rings. The number of halogens is 2. The quantitative estimate of drug-likeness (QED) is 0.769. The fraction of sp³-hybridized carbons (Fsp3) is 0.421. The topological polar surface area (TPSA) is 76.5 Å². The van der Waals surface area contributed by atoms with E-state index in [2.05, 4.69) is 10.4 Å². The molecule has 1 aliphatic rings. The monoisotopic (exact) mass is 392 g/mol. The number of aromatic nitrogens is 2. The summed E-state index contributed by atoms with van der Waals surface area (Å²) < 4.78 is 33.1. The number of carbonyl (C=O) groups excluding carboxylic acids is 1. The third-order valence-electron chi connectivity index (χ3n) is 4.75. The predicted molar refractivity (Wildman–Crippen MR) is 98.9 cm³/mol. The van der Waals surface area contributed by atoms with Crippen LogP contribution >= 0.6 is 0 Å². The van der Waals surface area contributed by atoms with Gasteiger partial charge in [0.05, 0.1) is 31.0 Å². The lowest BCUT2D eigenvalue weighted by atomic mass is 10.1. The Hall–Kier alpha value is -2.81. The molecule has 1 N–H and O–H groups in total. The Balaban J connectivity index is 1.57. The zero-order valence-electron chi connectivity index (χ0n) is 15.5. The highest BCUT2D eigenvalue weighted by Gasteiger charge is 2.29. The molecule has 0 radical (unpaired) electrons. The third-order valence-corrected chi connectivity index (χ3v) is 4.75. The zero-order chi connectivity index (χ0) is 20.1. The van der Waals surface area contributed by atoms with Gasteiger partial charge in [0.2, 0.25) is 5.91 Å². The van der Waals surface area contributed by atoms with Gasteiger partial charge in [0.1, 0.15) is 11.6 Å². The number of nitrogens with one attached hydrogen (secondary N) is 1. The predicted octanol–water partition coefficient (Wildman–Crippen LogP) is 1.31. The van der Waals surface area contributed by atoms with Gasteiger partial charge in [-0.2, -0.15) is 5.10 Å². The number of rotatable bonds is 7. The Morgan fingerprint density at radius 3 is 2.93 bits per heavy atom. The second kappa shape index (κ2) is 8.92. The van der Waals surface area contributed by atoms with E-state index in [0.717, 1.165) is 18.2 Å². The lowest BCUT2D eigenvalue weighted by Crippen LogP contribution is -2.33. The molecular weight excluding hydrogens is 370 g/mol. The molecule has 1 fully saturated rings. The SMILES string of the molecule is COCCn1ncc(N2CCC(C(=O)NCc3cc(F)ccc3F)C2)cc1=O. The Kier molecular flexibility index (Phi) is 6.35. The van der Waals surface area contributed by atoms with Gasteiger partial charge in [-0.05, 0) is 24.6 Å². The second-order valence-corrected chi connectivity index (χ2v) is 6.65. The summed E-state index contributed by atoms with van der Waals surface area (Å²) in [6, 6.07) is 4.63. The molecule has 0 bridgehead atoms. The largest absolute Gasteiger partial charge is 0.383 e. The van der Waals surface area contributed by atoms with Crippen LogP contribution in [0.1, 0.15) is 12.0 Å². The highest BCUT2D eigenvalue weighted by atomic mass is 19.1. The minimum absolute atomic E-state index is 0.0734. The molecule has 1 aromatic heterocycles. The molecule has 7 nitrogen and oxygen atoms in total. The van der Waals surface area contributed by atoms with Crippen LogP contribution in [0, 0.1) is 17.6 Å². The van der Waals surface area contributed by atoms with E-state index >= 15 is 0 Å². The molecule has 28 heavy (non-hydrogen) atoms. The smallest absolute Gasteiger partial charge is 0.268 e. The molecule has 1 amide bonds. The van der Waals surface area contributed by atoms with Gasteiger partial charge in [-0.1, -0.05) is 0 Å². The van der Waals surface area contributed by atoms with Crippen LogP contribution in [0.4, 0.5) is 14.5 Å². The maximum absolute atomic E-state index is 13.7. The van der Waals surface area contributed by atoms with Gasteiger partial charge in [0, 0.05) is 38.4 Å². The number of amides is 1. The van der Waals surface area contributed by atoms with Crippen LogP contribution in [-0.4, -0.2) is 42.5 Å². The van der Waals surface area contributed by atoms with E-state index in [4.69, 9.17) is 4.74 Å². The van der Waals surface area contributed by atoms with Crippen LogP contribution in [0.5, 0.6) is 0 Å². The summed E-state index contributed by atoms with van der Waals surface area (Å²) in [5.74, 6) is -1.64. The Morgan fingerprint density at radius 2 is 2.18 bits per heavy atom. The van der Waals surface area contributed by atoms with Gasteiger partial charge in [0.15, 0.2) is 0 Å². The fourth-order valence-corrected chi connectivity index (χ4v) is 3.16. The van der Waals surface area contributed by atoms with Crippen LogP contribution in [0.15, 0.2) is 35.3 Å². The number of hydrogen-bond donors (Lipinski definition) is 1. The summed E-state index contributed by atoms with van der Waals surface area (Å²) in [6.45, 7) is 1.73. The molecule has 0 saturated carbocycles. The number of carbonyl (C=O) groups is 1. The number of hydrogen-bond acceptors (Lipinski definition) is 5. The van der Waals surface area contributed by atoms with E-state index in [0.29, 0.717) is 38.3 Å². The van der Waals surface area contributed by atoms with E-state index in [1.165, 1.54) is 10.7 Å².